The van der Waals surface area contributed by atoms with Crippen molar-refractivity contribution in [2.24, 2.45) is 0 Å². The van der Waals surface area contributed by atoms with Crippen molar-refractivity contribution in [3.05, 3.63) is 28.4 Å². The first-order chi connectivity index (χ1) is 8.10. The second kappa shape index (κ2) is 4.71. The average molecular weight is 248 g/mol. The van der Waals surface area contributed by atoms with Crippen LogP contribution < -0.4 is 11.1 Å². The van der Waals surface area contributed by atoms with E-state index in [-0.39, 0.29) is 0 Å². The molecule has 2 heterocycles. The van der Waals surface area contributed by atoms with Crippen molar-refractivity contribution in [3.63, 3.8) is 0 Å². The van der Waals surface area contributed by atoms with Crippen LogP contribution in [0.1, 0.15) is 23.2 Å². The first-order valence-electron chi connectivity index (χ1n) is 5.56. The third kappa shape index (κ3) is 2.55. The fraction of sp³-hybridized carbons (Fsp3) is 0.333. The van der Waals surface area contributed by atoms with Gasteiger partial charge in [0.25, 0.3) is 0 Å². The van der Waals surface area contributed by atoms with Crippen LogP contribution in [-0.4, -0.2) is 9.97 Å². The summed E-state index contributed by atoms with van der Waals surface area (Å²) in [6, 6.07) is 3.72. The van der Waals surface area contributed by atoms with Gasteiger partial charge in [0.1, 0.15) is 5.82 Å². The number of nitrogens with one attached hydrogen (secondary N) is 1. The van der Waals surface area contributed by atoms with Crippen molar-refractivity contribution in [3.8, 4) is 0 Å². The van der Waals surface area contributed by atoms with Crippen LogP contribution in [0, 0.1) is 13.8 Å². The Labute approximate surface area is 105 Å². The second-order valence-corrected chi connectivity index (χ2v) is 5.07. The molecule has 5 heteroatoms. The number of pyridine rings is 1. The van der Waals surface area contributed by atoms with Gasteiger partial charge in [-0.25, -0.2) is 9.97 Å². The standard InChI is InChI=1S/C12H16N4S/c1-4-10-8(3)17-12(15-10)16-11-6-5-9(13)7(2)14-11/h5-6H,4,13H2,1-3H3,(H,14,15,16). The third-order valence-electron chi connectivity index (χ3n) is 2.59. The molecule has 0 saturated carbocycles. The van der Waals surface area contributed by atoms with E-state index >= 15 is 0 Å². The lowest BCUT2D eigenvalue weighted by Gasteiger charge is -2.04. The maximum Gasteiger partial charge on any atom is 0.188 e. The predicted octanol–water partition coefficient (Wildman–Crippen LogP) is 3.04. The van der Waals surface area contributed by atoms with Crippen molar-refractivity contribution < 1.29 is 0 Å². The van der Waals surface area contributed by atoms with Gasteiger partial charge in [0.2, 0.25) is 0 Å². The second-order valence-electron chi connectivity index (χ2n) is 3.87. The number of nitrogens with zero attached hydrogens (tertiary/aromatic N) is 2. The zero-order valence-corrected chi connectivity index (χ0v) is 11.1. The minimum absolute atomic E-state index is 0.708. The Balaban J connectivity index is 2.22. The van der Waals surface area contributed by atoms with E-state index < -0.39 is 0 Å². The van der Waals surface area contributed by atoms with Gasteiger partial charge in [-0.3, -0.25) is 0 Å². The predicted molar refractivity (Wildman–Crippen MR) is 72.9 cm³/mol. The van der Waals surface area contributed by atoms with Gasteiger partial charge in [-0.05, 0) is 32.4 Å². The minimum Gasteiger partial charge on any atom is -0.397 e. The zero-order valence-electron chi connectivity index (χ0n) is 10.2. The number of aromatic nitrogens is 2. The molecular weight excluding hydrogens is 232 g/mol. The molecule has 4 nitrogen and oxygen atoms in total. The fourth-order valence-electron chi connectivity index (χ4n) is 1.56. The Morgan fingerprint density at radius 2 is 2.06 bits per heavy atom. The Morgan fingerprint density at radius 1 is 1.29 bits per heavy atom. The van der Waals surface area contributed by atoms with E-state index in [0.717, 1.165) is 28.8 Å². The van der Waals surface area contributed by atoms with E-state index in [0.29, 0.717) is 5.69 Å². The molecule has 0 aliphatic heterocycles. The van der Waals surface area contributed by atoms with Gasteiger partial charge in [0, 0.05) is 4.88 Å². The first-order valence-corrected chi connectivity index (χ1v) is 6.38. The van der Waals surface area contributed by atoms with Crippen molar-refractivity contribution in [2.75, 3.05) is 11.1 Å². The van der Waals surface area contributed by atoms with Gasteiger partial charge < -0.3 is 11.1 Å². The normalized spacial score (nSPS) is 10.5. The molecule has 0 fully saturated rings. The Kier molecular flexibility index (Phi) is 3.28. The highest BCUT2D eigenvalue weighted by Crippen LogP contribution is 2.25. The van der Waals surface area contributed by atoms with E-state index in [1.54, 1.807) is 11.3 Å². The Hall–Kier alpha value is -1.62. The summed E-state index contributed by atoms with van der Waals surface area (Å²) < 4.78 is 0. The number of nitrogens with two attached hydrogens (primary N) is 1. The lowest BCUT2D eigenvalue weighted by atomic mass is 10.3. The molecule has 0 saturated heterocycles. The fourth-order valence-corrected chi connectivity index (χ4v) is 2.47. The summed E-state index contributed by atoms with van der Waals surface area (Å²) in [5.41, 5.74) is 8.41. The molecule has 0 aliphatic rings. The lowest BCUT2D eigenvalue weighted by molar-refractivity contribution is 1.04. The van der Waals surface area contributed by atoms with E-state index in [1.165, 1.54) is 4.88 Å². The van der Waals surface area contributed by atoms with Gasteiger partial charge in [-0.15, -0.1) is 11.3 Å². The van der Waals surface area contributed by atoms with Gasteiger partial charge in [-0.2, -0.15) is 0 Å². The van der Waals surface area contributed by atoms with Gasteiger partial charge >= 0.3 is 0 Å². The zero-order chi connectivity index (χ0) is 12.4. The molecule has 2 aromatic heterocycles. The smallest absolute Gasteiger partial charge is 0.188 e. The minimum atomic E-state index is 0.708. The first kappa shape index (κ1) is 11.9. The molecule has 17 heavy (non-hydrogen) atoms. The van der Waals surface area contributed by atoms with Crippen molar-refractivity contribution in [1.82, 2.24) is 9.97 Å². The molecule has 0 unspecified atom stereocenters. The highest BCUT2D eigenvalue weighted by atomic mass is 32.1. The summed E-state index contributed by atoms with van der Waals surface area (Å²) in [4.78, 5) is 10.1. The molecule has 2 rings (SSSR count). The summed E-state index contributed by atoms with van der Waals surface area (Å²) in [6.07, 6.45) is 0.957. The van der Waals surface area contributed by atoms with Crippen molar-refractivity contribution >= 4 is 28.0 Å². The number of hydrogen-bond acceptors (Lipinski definition) is 5. The number of aryl methyl sites for hydroxylation is 3. The van der Waals surface area contributed by atoms with Crippen LogP contribution in [-0.2, 0) is 6.42 Å². The molecule has 0 aromatic carbocycles. The van der Waals surface area contributed by atoms with Gasteiger partial charge in [0.15, 0.2) is 5.13 Å². The average Bonchev–Trinajstić information content (AvgIpc) is 2.64. The number of hydrogen-bond donors (Lipinski definition) is 2. The van der Waals surface area contributed by atoms with E-state index in [2.05, 4.69) is 29.1 Å². The van der Waals surface area contributed by atoms with E-state index in [9.17, 15) is 0 Å². The van der Waals surface area contributed by atoms with Gasteiger partial charge in [-0.1, -0.05) is 6.92 Å². The van der Waals surface area contributed by atoms with E-state index in [1.807, 2.05) is 19.1 Å². The number of anilines is 3. The SMILES string of the molecule is CCc1nc(Nc2ccc(N)c(C)n2)sc1C. The van der Waals surface area contributed by atoms with Crippen LogP contribution in [0.4, 0.5) is 16.6 Å². The molecule has 90 valence electrons. The maximum atomic E-state index is 5.73. The third-order valence-corrected chi connectivity index (χ3v) is 3.52. The molecule has 0 spiro atoms. The van der Waals surface area contributed by atoms with E-state index in [4.69, 9.17) is 5.73 Å². The molecule has 3 N–H and O–H groups in total. The molecule has 0 bridgehead atoms. The maximum absolute atomic E-state index is 5.73. The quantitative estimate of drug-likeness (QED) is 0.876. The largest absolute Gasteiger partial charge is 0.397 e. The van der Waals surface area contributed by atoms with Crippen LogP contribution in [0.25, 0.3) is 0 Å². The summed E-state index contributed by atoms with van der Waals surface area (Å²) in [7, 11) is 0. The highest BCUT2D eigenvalue weighted by molar-refractivity contribution is 7.15. The highest BCUT2D eigenvalue weighted by Gasteiger charge is 2.06. The Morgan fingerprint density at radius 3 is 2.65 bits per heavy atom. The van der Waals surface area contributed by atoms with Crippen LogP contribution in [0.5, 0.6) is 0 Å². The van der Waals surface area contributed by atoms with Crippen LogP contribution >= 0.6 is 11.3 Å². The molecule has 2 aromatic rings. The number of rotatable bonds is 3. The lowest BCUT2D eigenvalue weighted by Crippen LogP contribution is -1.98. The monoisotopic (exact) mass is 248 g/mol. The molecule has 0 atom stereocenters. The van der Waals surface area contributed by atoms with Crippen LogP contribution in [0.3, 0.4) is 0 Å². The molecule has 0 amide bonds. The molecule has 0 radical (unpaired) electrons. The van der Waals surface area contributed by atoms with Crippen molar-refractivity contribution in [2.45, 2.75) is 27.2 Å². The topological polar surface area (TPSA) is 63.8 Å². The summed E-state index contributed by atoms with van der Waals surface area (Å²) in [5, 5.41) is 4.09. The molecular formula is C12H16N4S. The number of thiazole rings is 1. The molecule has 0 aliphatic carbocycles. The summed E-state index contributed by atoms with van der Waals surface area (Å²) >= 11 is 1.65. The van der Waals surface area contributed by atoms with Gasteiger partial charge in [0.05, 0.1) is 17.1 Å². The number of nitrogen functional groups attached to an aromatic ring is 1. The Bertz CT molecular complexity index is 533. The summed E-state index contributed by atoms with van der Waals surface area (Å²) in [5.74, 6) is 0.785. The summed E-state index contributed by atoms with van der Waals surface area (Å²) in [6.45, 7) is 6.09. The van der Waals surface area contributed by atoms with Crippen LogP contribution in [0.15, 0.2) is 12.1 Å². The van der Waals surface area contributed by atoms with Crippen LogP contribution in [0.2, 0.25) is 0 Å². The van der Waals surface area contributed by atoms with Crippen molar-refractivity contribution in [1.29, 1.82) is 0 Å².